The minimum atomic E-state index is -0.274. The Morgan fingerprint density at radius 1 is 1.15 bits per heavy atom. The number of nitrogens with zero attached hydrogens (tertiary/aromatic N) is 4. The topological polar surface area (TPSA) is 114 Å². The lowest BCUT2D eigenvalue weighted by atomic mass is 10.1. The molecule has 1 aliphatic rings. The number of piperidine rings is 1. The van der Waals surface area contributed by atoms with E-state index >= 15 is 0 Å². The van der Waals surface area contributed by atoms with Crippen LogP contribution in [-0.4, -0.2) is 44.4 Å². The number of para-hydroxylation sites is 2. The van der Waals surface area contributed by atoms with E-state index in [4.69, 9.17) is 4.74 Å². The SMILES string of the molecule is Cc1nsc(Nc2cnc3ccccc3n2)c1C(=O)Nc1ccc(OC2CCCNC2)nc1. The van der Waals surface area contributed by atoms with Crippen LogP contribution in [0.2, 0.25) is 0 Å². The van der Waals surface area contributed by atoms with Crippen molar-refractivity contribution in [1.82, 2.24) is 24.6 Å². The van der Waals surface area contributed by atoms with E-state index in [1.54, 1.807) is 31.5 Å². The monoisotopic (exact) mass is 461 g/mol. The van der Waals surface area contributed by atoms with Gasteiger partial charge in [-0.25, -0.2) is 9.97 Å². The number of rotatable bonds is 6. The van der Waals surface area contributed by atoms with Gasteiger partial charge < -0.3 is 20.7 Å². The molecular weight excluding hydrogens is 438 g/mol. The second kappa shape index (κ2) is 9.47. The Hall–Kier alpha value is -3.63. The summed E-state index contributed by atoms with van der Waals surface area (Å²) in [5.41, 5.74) is 3.25. The maximum atomic E-state index is 13.0. The molecule has 9 nitrogen and oxygen atoms in total. The van der Waals surface area contributed by atoms with Crippen LogP contribution >= 0.6 is 11.5 Å². The maximum absolute atomic E-state index is 13.0. The first-order valence-corrected chi connectivity index (χ1v) is 11.5. The van der Waals surface area contributed by atoms with Crippen molar-refractivity contribution < 1.29 is 9.53 Å². The molecule has 0 bridgehead atoms. The summed E-state index contributed by atoms with van der Waals surface area (Å²) < 4.78 is 10.3. The fourth-order valence-corrected chi connectivity index (χ4v) is 4.47. The number of carbonyl (C=O) groups is 1. The number of hydrogen-bond donors (Lipinski definition) is 3. The minimum Gasteiger partial charge on any atom is -0.473 e. The number of aromatic nitrogens is 4. The fraction of sp³-hybridized carbons (Fsp3) is 0.261. The van der Waals surface area contributed by atoms with Gasteiger partial charge in [0, 0.05) is 12.6 Å². The van der Waals surface area contributed by atoms with Crippen molar-refractivity contribution in [2.45, 2.75) is 25.9 Å². The van der Waals surface area contributed by atoms with E-state index in [0.29, 0.717) is 33.6 Å². The summed E-state index contributed by atoms with van der Waals surface area (Å²) in [7, 11) is 0. The van der Waals surface area contributed by atoms with Gasteiger partial charge in [0.05, 0.1) is 40.4 Å². The van der Waals surface area contributed by atoms with Crippen LogP contribution in [0.5, 0.6) is 5.88 Å². The number of carbonyl (C=O) groups excluding carboxylic acids is 1. The zero-order chi connectivity index (χ0) is 22.6. The molecule has 0 spiro atoms. The smallest absolute Gasteiger partial charge is 0.260 e. The molecule has 3 N–H and O–H groups in total. The number of anilines is 3. The molecule has 1 fully saturated rings. The van der Waals surface area contributed by atoms with Crippen molar-refractivity contribution >= 4 is 45.0 Å². The maximum Gasteiger partial charge on any atom is 0.260 e. The Morgan fingerprint density at radius 3 is 2.82 bits per heavy atom. The molecule has 33 heavy (non-hydrogen) atoms. The number of amides is 1. The van der Waals surface area contributed by atoms with Crippen molar-refractivity contribution in [3.63, 3.8) is 0 Å². The van der Waals surface area contributed by atoms with Crippen LogP contribution in [0.1, 0.15) is 28.9 Å². The lowest BCUT2D eigenvalue weighted by molar-refractivity contribution is 0.102. The lowest BCUT2D eigenvalue weighted by Gasteiger charge is -2.23. The van der Waals surface area contributed by atoms with Crippen molar-refractivity contribution in [1.29, 1.82) is 0 Å². The second-order valence-electron chi connectivity index (χ2n) is 7.77. The van der Waals surface area contributed by atoms with Gasteiger partial charge in [0.1, 0.15) is 16.9 Å². The van der Waals surface area contributed by atoms with Gasteiger partial charge in [0.2, 0.25) is 5.88 Å². The van der Waals surface area contributed by atoms with E-state index < -0.39 is 0 Å². The molecule has 3 aromatic heterocycles. The molecule has 10 heteroatoms. The summed E-state index contributed by atoms with van der Waals surface area (Å²) in [4.78, 5) is 26.3. The number of hydrogen-bond acceptors (Lipinski definition) is 9. The zero-order valence-electron chi connectivity index (χ0n) is 18.0. The highest BCUT2D eigenvalue weighted by molar-refractivity contribution is 7.10. The van der Waals surface area contributed by atoms with Gasteiger partial charge in [-0.05, 0) is 56.0 Å². The number of nitrogens with one attached hydrogen (secondary N) is 3. The first-order valence-electron chi connectivity index (χ1n) is 10.8. The number of fused-ring (bicyclic) bond motifs is 1. The minimum absolute atomic E-state index is 0.123. The van der Waals surface area contributed by atoms with E-state index in [1.807, 2.05) is 24.3 Å². The summed E-state index contributed by atoms with van der Waals surface area (Å²) in [5, 5.41) is 10.00. The van der Waals surface area contributed by atoms with E-state index in [0.717, 1.165) is 37.0 Å². The van der Waals surface area contributed by atoms with Crippen molar-refractivity contribution in [3.05, 3.63) is 60.0 Å². The molecule has 1 aromatic carbocycles. The molecule has 4 aromatic rings. The summed E-state index contributed by atoms with van der Waals surface area (Å²) in [6, 6.07) is 11.2. The van der Waals surface area contributed by atoms with Crippen LogP contribution in [0, 0.1) is 6.92 Å². The van der Waals surface area contributed by atoms with Gasteiger partial charge >= 0.3 is 0 Å². The third kappa shape index (κ3) is 4.91. The number of aryl methyl sites for hydroxylation is 1. The zero-order valence-corrected chi connectivity index (χ0v) is 18.9. The summed E-state index contributed by atoms with van der Waals surface area (Å²) in [6.45, 7) is 3.65. The molecule has 4 heterocycles. The van der Waals surface area contributed by atoms with E-state index in [9.17, 15) is 4.79 Å². The third-order valence-corrected chi connectivity index (χ3v) is 6.17. The summed E-state index contributed by atoms with van der Waals surface area (Å²) >= 11 is 1.21. The Kier molecular flexibility index (Phi) is 6.09. The molecule has 0 saturated carbocycles. The average Bonchev–Trinajstić information content (AvgIpc) is 3.21. The molecular formula is C23H23N7O2S. The largest absolute Gasteiger partial charge is 0.473 e. The molecule has 1 saturated heterocycles. The molecule has 0 aliphatic carbocycles. The predicted octanol–water partition coefficient (Wildman–Crippen LogP) is 3.92. The average molecular weight is 462 g/mol. The van der Waals surface area contributed by atoms with Gasteiger partial charge in [0.25, 0.3) is 5.91 Å². The lowest BCUT2D eigenvalue weighted by Crippen LogP contribution is -2.37. The van der Waals surface area contributed by atoms with Crippen molar-refractivity contribution in [2.75, 3.05) is 23.7 Å². The van der Waals surface area contributed by atoms with E-state index in [1.165, 1.54) is 11.5 Å². The Bertz CT molecular complexity index is 1270. The summed E-state index contributed by atoms with van der Waals surface area (Å²) in [5.74, 6) is 0.823. The Labute approximate surface area is 194 Å². The highest BCUT2D eigenvalue weighted by Crippen LogP contribution is 2.28. The molecule has 1 unspecified atom stereocenters. The number of benzene rings is 1. The predicted molar refractivity (Wildman–Crippen MR) is 128 cm³/mol. The van der Waals surface area contributed by atoms with Gasteiger partial charge in [-0.15, -0.1) is 0 Å². The van der Waals surface area contributed by atoms with Crippen LogP contribution in [0.15, 0.2) is 48.8 Å². The number of pyridine rings is 1. The first kappa shape index (κ1) is 21.2. The third-order valence-electron chi connectivity index (χ3n) is 5.31. The Morgan fingerprint density at radius 2 is 2.03 bits per heavy atom. The van der Waals surface area contributed by atoms with Crippen LogP contribution in [0.3, 0.4) is 0 Å². The van der Waals surface area contributed by atoms with Crippen molar-refractivity contribution in [3.8, 4) is 5.88 Å². The number of ether oxygens (including phenoxy) is 1. The van der Waals surface area contributed by atoms with Gasteiger partial charge in [-0.1, -0.05) is 12.1 Å². The highest BCUT2D eigenvalue weighted by atomic mass is 32.1. The van der Waals surface area contributed by atoms with Gasteiger partial charge in [-0.2, -0.15) is 4.37 Å². The van der Waals surface area contributed by atoms with Gasteiger partial charge in [-0.3, -0.25) is 9.78 Å². The second-order valence-corrected chi connectivity index (χ2v) is 8.54. The first-order chi connectivity index (χ1) is 16.2. The normalized spacial score (nSPS) is 15.8. The molecule has 168 valence electrons. The van der Waals surface area contributed by atoms with Crippen molar-refractivity contribution in [2.24, 2.45) is 0 Å². The standard InChI is InChI=1S/C23H23N7O2S/c1-14-21(23(33-30-14)29-19-13-25-17-6-2-3-7-18(17)28-19)22(31)27-15-8-9-20(26-11-15)32-16-5-4-10-24-12-16/h2-3,6-9,11,13,16,24H,4-5,10,12H2,1H3,(H,27,31)(H,28,29). The molecule has 0 radical (unpaired) electrons. The van der Waals surface area contributed by atoms with Gasteiger partial charge in [0.15, 0.2) is 0 Å². The van der Waals surface area contributed by atoms with E-state index in [2.05, 4.69) is 35.3 Å². The Balaban J connectivity index is 1.28. The van der Waals surface area contributed by atoms with Crippen LogP contribution in [0.4, 0.5) is 16.5 Å². The highest BCUT2D eigenvalue weighted by Gasteiger charge is 2.20. The molecule has 1 amide bonds. The van der Waals surface area contributed by atoms with E-state index in [-0.39, 0.29) is 12.0 Å². The van der Waals surface area contributed by atoms with Crippen LogP contribution in [-0.2, 0) is 0 Å². The summed E-state index contributed by atoms with van der Waals surface area (Å²) in [6.07, 6.45) is 5.46. The van der Waals surface area contributed by atoms with Crippen LogP contribution < -0.4 is 20.7 Å². The van der Waals surface area contributed by atoms with Crippen LogP contribution in [0.25, 0.3) is 11.0 Å². The fourth-order valence-electron chi connectivity index (χ4n) is 3.66. The molecule has 5 rings (SSSR count). The quantitative estimate of drug-likeness (QED) is 0.396. The molecule has 1 aliphatic heterocycles. The molecule has 1 atom stereocenters.